The molecule has 0 aliphatic rings. The van der Waals surface area contributed by atoms with E-state index in [1.165, 1.54) is 23.5 Å². The van der Waals surface area contributed by atoms with Crippen molar-refractivity contribution < 1.29 is 9.18 Å². The van der Waals surface area contributed by atoms with Gasteiger partial charge >= 0.3 is 0 Å². The molecule has 0 fully saturated rings. The largest absolute Gasteiger partial charge is 0.345 e. The summed E-state index contributed by atoms with van der Waals surface area (Å²) in [5, 5.41) is 10.1. The van der Waals surface area contributed by atoms with Crippen LogP contribution in [0.15, 0.2) is 54.2 Å². The van der Waals surface area contributed by atoms with E-state index in [0.29, 0.717) is 29.2 Å². The van der Waals surface area contributed by atoms with Crippen LogP contribution in [0.3, 0.4) is 0 Å². The van der Waals surface area contributed by atoms with Crippen molar-refractivity contribution in [3.8, 4) is 16.9 Å². The lowest BCUT2D eigenvalue weighted by Crippen LogP contribution is -2.24. The molecule has 1 aromatic carbocycles. The van der Waals surface area contributed by atoms with Gasteiger partial charge in [0.1, 0.15) is 10.8 Å². The average molecular weight is 407 g/mol. The predicted molar refractivity (Wildman–Crippen MR) is 110 cm³/mol. The smallest absolute Gasteiger partial charge is 0.255 e. The molecule has 146 valence electrons. The summed E-state index contributed by atoms with van der Waals surface area (Å²) >= 11 is 1.49. The number of thiazole rings is 1. The molecule has 0 bridgehead atoms. The second kappa shape index (κ2) is 7.92. The zero-order valence-electron chi connectivity index (χ0n) is 15.9. The first-order valence-electron chi connectivity index (χ1n) is 8.98. The maximum absolute atomic E-state index is 13.2. The highest BCUT2D eigenvalue weighted by atomic mass is 32.1. The minimum absolute atomic E-state index is 0.214. The molecule has 4 aromatic rings. The van der Waals surface area contributed by atoms with Gasteiger partial charge in [0, 0.05) is 23.3 Å². The number of aryl methyl sites for hydroxylation is 1. The van der Waals surface area contributed by atoms with Gasteiger partial charge in [0.05, 0.1) is 34.9 Å². The van der Waals surface area contributed by atoms with Crippen LogP contribution in [0.1, 0.15) is 26.8 Å². The Hall–Kier alpha value is -3.39. The van der Waals surface area contributed by atoms with E-state index in [1.807, 2.05) is 24.4 Å². The predicted octanol–water partition coefficient (Wildman–Crippen LogP) is 4.08. The minimum Gasteiger partial charge on any atom is -0.345 e. The van der Waals surface area contributed by atoms with Gasteiger partial charge in [-0.05, 0) is 50.2 Å². The van der Waals surface area contributed by atoms with Crippen LogP contribution >= 0.6 is 11.3 Å². The van der Waals surface area contributed by atoms with Crippen LogP contribution in [0, 0.1) is 19.7 Å². The summed E-state index contributed by atoms with van der Waals surface area (Å²) < 4.78 is 14.8. The number of benzene rings is 1. The van der Waals surface area contributed by atoms with Crippen molar-refractivity contribution in [1.29, 1.82) is 0 Å². The first-order valence-corrected chi connectivity index (χ1v) is 9.86. The second-order valence-electron chi connectivity index (χ2n) is 6.48. The monoisotopic (exact) mass is 407 g/mol. The van der Waals surface area contributed by atoms with Gasteiger partial charge in [-0.15, -0.1) is 11.3 Å². The normalized spacial score (nSPS) is 10.9. The van der Waals surface area contributed by atoms with Crippen molar-refractivity contribution >= 4 is 17.2 Å². The molecule has 0 aliphatic heterocycles. The number of amides is 1. The number of aromatic nitrogens is 4. The number of rotatable bonds is 5. The standard InChI is InChI=1S/C21H18FN5OS/c1-13-20(14(2)27(26-13)17-5-3-16(22)4-6-17)21(28)24-11-19-25-18(12-29-19)15-7-9-23-10-8-15/h3-10,12H,11H2,1-2H3,(H,24,28). The summed E-state index contributed by atoms with van der Waals surface area (Å²) in [6.07, 6.45) is 3.45. The summed E-state index contributed by atoms with van der Waals surface area (Å²) in [6, 6.07) is 9.80. The van der Waals surface area contributed by atoms with E-state index in [-0.39, 0.29) is 11.7 Å². The molecule has 0 unspecified atom stereocenters. The quantitative estimate of drug-likeness (QED) is 0.541. The third-order valence-corrected chi connectivity index (χ3v) is 5.37. The first kappa shape index (κ1) is 18.9. The van der Waals surface area contributed by atoms with E-state index in [4.69, 9.17) is 0 Å². The molecular formula is C21H18FN5OS. The lowest BCUT2D eigenvalue weighted by molar-refractivity contribution is 0.0949. The Bertz CT molecular complexity index is 1150. The Morgan fingerprint density at radius 2 is 1.86 bits per heavy atom. The number of pyridine rings is 1. The van der Waals surface area contributed by atoms with E-state index in [1.54, 1.807) is 36.1 Å². The molecule has 0 saturated carbocycles. The maximum atomic E-state index is 13.2. The SMILES string of the molecule is Cc1nn(-c2ccc(F)cc2)c(C)c1C(=O)NCc1nc(-c2ccncc2)cs1. The Kier molecular flexibility index (Phi) is 5.18. The van der Waals surface area contributed by atoms with Crippen molar-refractivity contribution in [2.75, 3.05) is 0 Å². The molecule has 0 spiro atoms. The van der Waals surface area contributed by atoms with E-state index in [9.17, 15) is 9.18 Å². The molecule has 0 radical (unpaired) electrons. The lowest BCUT2D eigenvalue weighted by atomic mass is 10.2. The molecule has 6 nitrogen and oxygen atoms in total. The topological polar surface area (TPSA) is 72.7 Å². The van der Waals surface area contributed by atoms with Gasteiger partial charge in [-0.25, -0.2) is 14.1 Å². The van der Waals surface area contributed by atoms with Crippen molar-refractivity contribution in [3.05, 3.63) is 81.9 Å². The second-order valence-corrected chi connectivity index (χ2v) is 7.42. The Labute approximate surface area is 171 Å². The number of nitrogens with one attached hydrogen (secondary N) is 1. The zero-order chi connectivity index (χ0) is 20.4. The van der Waals surface area contributed by atoms with Gasteiger partial charge in [0.15, 0.2) is 0 Å². The fraction of sp³-hybridized carbons (Fsp3) is 0.143. The fourth-order valence-electron chi connectivity index (χ4n) is 3.10. The van der Waals surface area contributed by atoms with Crippen molar-refractivity contribution in [3.63, 3.8) is 0 Å². The van der Waals surface area contributed by atoms with Crippen molar-refractivity contribution in [1.82, 2.24) is 25.1 Å². The summed E-state index contributed by atoms with van der Waals surface area (Å²) in [5.41, 5.74) is 4.37. The molecule has 0 aliphatic carbocycles. The van der Waals surface area contributed by atoms with E-state index in [0.717, 1.165) is 16.3 Å². The Balaban J connectivity index is 1.49. The molecule has 0 saturated heterocycles. The Morgan fingerprint density at radius 1 is 1.14 bits per heavy atom. The highest BCUT2D eigenvalue weighted by Crippen LogP contribution is 2.22. The number of hydrogen-bond donors (Lipinski definition) is 1. The molecule has 29 heavy (non-hydrogen) atoms. The van der Waals surface area contributed by atoms with E-state index in [2.05, 4.69) is 20.4 Å². The number of halogens is 1. The van der Waals surface area contributed by atoms with Crippen LogP contribution in [0.5, 0.6) is 0 Å². The van der Waals surface area contributed by atoms with Crippen LogP contribution < -0.4 is 5.32 Å². The third kappa shape index (κ3) is 3.93. The Morgan fingerprint density at radius 3 is 2.59 bits per heavy atom. The molecule has 3 heterocycles. The van der Waals surface area contributed by atoms with Crippen molar-refractivity contribution in [2.45, 2.75) is 20.4 Å². The number of nitrogens with zero attached hydrogens (tertiary/aromatic N) is 4. The summed E-state index contributed by atoms with van der Waals surface area (Å²) in [4.78, 5) is 21.4. The molecule has 3 aromatic heterocycles. The number of hydrogen-bond acceptors (Lipinski definition) is 5. The van der Waals surface area contributed by atoms with E-state index >= 15 is 0 Å². The van der Waals surface area contributed by atoms with Crippen molar-refractivity contribution in [2.24, 2.45) is 0 Å². The summed E-state index contributed by atoms with van der Waals surface area (Å²) in [7, 11) is 0. The van der Waals surface area contributed by atoms with Gasteiger partial charge in [0.2, 0.25) is 0 Å². The molecule has 1 amide bonds. The number of carbonyl (C=O) groups is 1. The van der Waals surface area contributed by atoms with Gasteiger partial charge < -0.3 is 5.32 Å². The minimum atomic E-state index is -0.317. The first-order chi connectivity index (χ1) is 14.0. The summed E-state index contributed by atoms with van der Waals surface area (Å²) in [6.45, 7) is 3.94. The van der Waals surface area contributed by atoms with Crippen LogP contribution in [-0.4, -0.2) is 25.7 Å². The number of carbonyl (C=O) groups excluding carboxylic acids is 1. The van der Waals surface area contributed by atoms with E-state index < -0.39 is 0 Å². The average Bonchev–Trinajstić information content (AvgIpc) is 3.32. The van der Waals surface area contributed by atoms with Crippen LogP contribution in [0.25, 0.3) is 16.9 Å². The van der Waals surface area contributed by atoms with Gasteiger partial charge in [-0.1, -0.05) is 0 Å². The van der Waals surface area contributed by atoms with Gasteiger partial charge in [-0.2, -0.15) is 5.10 Å². The van der Waals surface area contributed by atoms with Gasteiger partial charge in [-0.3, -0.25) is 9.78 Å². The molecule has 1 N–H and O–H groups in total. The summed E-state index contributed by atoms with van der Waals surface area (Å²) in [5.74, 6) is -0.531. The fourth-order valence-corrected chi connectivity index (χ4v) is 3.84. The van der Waals surface area contributed by atoms with Crippen LogP contribution in [0.2, 0.25) is 0 Å². The highest BCUT2D eigenvalue weighted by molar-refractivity contribution is 7.09. The molecule has 8 heteroatoms. The molecule has 0 atom stereocenters. The van der Waals surface area contributed by atoms with Crippen LogP contribution in [0.4, 0.5) is 4.39 Å². The molecular weight excluding hydrogens is 389 g/mol. The highest BCUT2D eigenvalue weighted by Gasteiger charge is 2.19. The van der Waals surface area contributed by atoms with Crippen LogP contribution in [-0.2, 0) is 6.54 Å². The maximum Gasteiger partial charge on any atom is 0.255 e. The third-order valence-electron chi connectivity index (χ3n) is 4.52. The lowest BCUT2D eigenvalue weighted by Gasteiger charge is -2.06. The van der Waals surface area contributed by atoms with Gasteiger partial charge in [0.25, 0.3) is 5.91 Å². The zero-order valence-corrected chi connectivity index (χ0v) is 16.7. The molecule has 4 rings (SSSR count).